The molecule has 0 amide bonds. The van der Waals surface area contributed by atoms with E-state index in [1.54, 1.807) is 0 Å². The fraction of sp³-hybridized carbons (Fsp3) is 0.200. The summed E-state index contributed by atoms with van der Waals surface area (Å²) in [5.41, 5.74) is -2.13. The Balaban J connectivity index is 1.32. The van der Waals surface area contributed by atoms with Gasteiger partial charge in [-0.15, -0.1) is 0 Å². The third-order valence-electron chi connectivity index (χ3n) is 12.0. The fourth-order valence-electron chi connectivity index (χ4n) is 9.08. The van der Waals surface area contributed by atoms with Gasteiger partial charge in [-0.25, -0.2) is 0 Å². The standard InChI is InChI=1S/C45H38O20/c46-16-8-21(50)31-30(9-16)63-42(14-4-25(54)37(59)26(55)5-14)39(61)35(31)33-23(52)12-24(53)34-36(40(62)43(65-45(33)34)15-6-27(56)38(60)28(57)7-15)32-22(51)11-19(48)17-10-29(58)41(64-44(17)32)13-1-2-18(47)20(49)3-13/h1-9,11-12,29,35-36,39-43,46-62H,10H2. The molecular weight excluding hydrogens is 860 g/mol. The van der Waals surface area contributed by atoms with Gasteiger partial charge in [0.25, 0.3) is 0 Å². The van der Waals surface area contributed by atoms with Gasteiger partial charge in [-0.3, -0.25) is 0 Å². The topological polar surface area (TPSA) is 372 Å². The van der Waals surface area contributed by atoms with Crippen molar-refractivity contribution in [2.45, 2.75) is 54.9 Å². The second-order valence-electron chi connectivity index (χ2n) is 16.0. The predicted octanol–water partition coefficient (Wildman–Crippen LogP) is 3.86. The third kappa shape index (κ3) is 6.57. The maximum Gasteiger partial charge on any atom is 0.200 e. The molecule has 338 valence electrons. The van der Waals surface area contributed by atoms with Gasteiger partial charge in [0.1, 0.15) is 70.1 Å². The number of hydrogen-bond donors (Lipinski definition) is 17. The normalized spacial score (nSPS) is 23.2. The largest absolute Gasteiger partial charge is 0.508 e. The molecule has 0 radical (unpaired) electrons. The molecular formula is C45H38O20. The maximum atomic E-state index is 12.5. The SMILES string of the molecule is Oc1cc(O)c2c(c1)OC(c1cc(O)c(O)c(O)c1)C(O)C2c1c(O)cc(O)c2c1OC(c1cc(O)c(O)c(O)c1)C(O)C2c1c(O)cc(O)c2c1OC(c1ccc(O)c(O)c1)C(O)C2. The van der Waals surface area contributed by atoms with Crippen LogP contribution in [0.15, 0.2) is 66.7 Å². The number of phenols is 14. The minimum atomic E-state index is -2.05. The summed E-state index contributed by atoms with van der Waals surface area (Å²) in [6.07, 6.45) is -10.8. The molecule has 0 aliphatic carbocycles. The first-order valence-corrected chi connectivity index (χ1v) is 19.5. The molecule has 3 aliphatic rings. The van der Waals surface area contributed by atoms with Crippen LogP contribution in [0.25, 0.3) is 0 Å². The van der Waals surface area contributed by atoms with Crippen LogP contribution in [0.1, 0.15) is 74.7 Å². The quantitative estimate of drug-likeness (QED) is 0.109. The Morgan fingerprint density at radius 2 is 0.815 bits per heavy atom. The number of fused-ring (bicyclic) bond motifs is 3. The lowest BCUT2D eigenvalue weighted by atomic mass is 9.73. The Bertz CT molecular complexity index is 2900. The maximum absolute atomic E-state index is 12.5. The molecule has 6 aromatic carbocycles. The van der Waals surface area contributed by atoms with E-state index in [1.807, 2.05) is 0 Å². The summed E-state index contributed by atoms with van der Waals surface area (Å²) in [5.74, 6) is -15.7. The molecule has 0 aromatic heterocycles. The molecule has 0 saturated carbocycles. The van der Waals surface area contributed by atoms with Gasteiger partial charge >= 0.3 is 0 Å². The van der Waals surface area contributed by atoms with Crippen molar-refractivity contribution >= 4 is 0 Å². The smallest absolute Gasteiger partial charge is 0.200 e. The molecule has 9 rings (SSSR count). The molecule has 0 bridgehead atoms. The molecule has 0 fully saturated rings. The zero-order chi connectivity index (χ0) is 46.7. The summed E-state index contributed by atoms with van der Waals surface area (Å²) in [5, 5.41) is 188. The molecule has 20 heteroatoms. The van der Waals surface area contributed by atoms with Crippen molar-refractivity contribution in [1.29, 1.82) is 0 Å². The van der Waals surface area contributed by atoms with Gasteiger partial charge in [-0.2, -0.15) is 0 Å². The molecule has 17 N–H and O–H groups in total. The lowest BCUT2D eigenvalue weighted by Crippen LogP contribution is -2.39. The number of ether oxygens (including phenoxy) is 3. The summed E-state index contributed by atoms with van der Waals surface area (Å²) < 4.78 is 18.7. The average molecular weight is 899 g/mol. The minimum absolute atomic E-state index is 0.103. The molecule has 20 nitrogen and oxygen atoms in total. The van der Waals surface area contributed by atoms with Crippen molar-refractivity contribution in [2.75, 3.05) is 0 Å². The number of aliphatic hydroxyl groups excluding tert-OH is 3. The van der Waals surface area contributed by atoms with Gasteiger partial charge in [-0.05, 0) is 42.0 Å². The van der Waals surface area contributed by atoms with Gasteiger partial charge in [0.05, 0.1) is 17.9 Å². The highest BCUT2D eigenvalue weighted by Crippen LogP contribution is 2.62. The van der Waals surface area contributed by atoms with Crippen LogP contribution in [0.3, 0.4) is 0 Å². The highest BCUT2D eigenvalue weighted by atomic mass is 16.5. The van der Waals surface area contributed by atoms with Crippen molar-refractivity contribution in [3.05, 3.63) is 111 Å². The molecule has 0 spiro atoms. The fourth-order valence-corrected chi connectivity index (χ4v) is 9.08. The Morgan fingerprint density at radius 3 is 1.35 bits per heavy atom. The lowest BCUT2D eigenvalue weighted by molar-refractivity contribution is -0.00570. The number of hydrogen-bond acceptors (Lipinski definition) is 20. The highest BCUT2D eigenvalue weighted by molar-refractivity contribution is 5.71. The van der Waals surface area contributed by atoms with Crippen LogP contribution in [-0.2, 0) is 6.42 Å². The number of aromatic hydroxyl groups is 14. The van der Waals surface area contributed by atoms with Crippen LogP contribution >= 0.6 is 0 Å². The number of aliphatic hydroxyl groups is 3. The number of benzene rings is 6. The van der Waals surface area contributed by atoms with E-state index in [4.69, 9.17) is 14.2 Å². The van der Waals surface area contributed by atoms with E-state index < -0.39 is 151 Å². The van der Waals surface area contributed by atoms with Gasteiger partial charge in [0, 0.05) is 69.6 Å². The summed E-state index contributed by atoms with van der Waals surface area (Å²) in [7, 11) is 0. The van der Waals surface area contributed by atoms with E-state index in [0.717, 1.165) is 60.7 Å². The van der Waals surface area contributed by atoms with E-state index in [9.17, 15) is 86.8 Å². The summed E-state index contributed by atoms with van der Waals surface area (Å²) in [6, 6.07) is 10.7. The Labute approximate surface area is 364 Å². The van der Waals surface area contributed by atoms with Crippen LogP contribution in [0.5, 0.6) is 97.7 Å². The monoisotopic (exact) mass is 898 g/mol. The summed E-state index contributed by atoms with van der Waals surface area (Å²) in [4.78, 5) is 0. The Kier molecular flexibility index (Phi) is 9.70. The van der Waals surface area contributed by atoms with Crippen molar-refractivity contribution in [3.8, 4) is 97.7 Å². The first kappa shape index (κ1) is 42.1. The van der Waals surface area contributed by atoms with Crippen molar-refractivity contribution < 1.29 is 101 Å². The second kappa shape index (κ2) is 15.0. The van der Waals surface area contributed by atoms with E-state index in [0.29, 0.717) is 0 Å². The Morgan fingerprint density at radius 1 is 0.369 bits per heavy atom. The molecule has 6 aromatic rings. The molecule has 3 aliphatic heterocycles. The zero-order valence-corrected chi connectivity index (χ0v) is 33.0. The van der Waals surface area contributed by atoms with Crippen LogP contribution in [0.4, 0.5) is 0 Å². The van der Waals surface area contributed by atoms with E-state index in [-0.39, 0.29) is 45.7 Å². The zero-order valence-electron chi connectivity index (χ0n) is 33.0. The number of rotatable bonds is 5. The lowest BCUT2D eigenvalue weighted by Gasteiger charge is -2.43. The summed E-state index contributed by atoms with van der Waals surface area (Å²) in [6.45, 7) is 0. The number of phenolic OH excluding ortho intramolecular Hbond substituents is 14. The van der Waals surface area contributed by atoms with Gasteiger partial charge < -0.3 is 101 Å². The van der Waals surface area contributed by atoms with E-state index >= 15 is 0 Å². The molecule has 65 heavy (non-hydrogen) atoms. The first-order chi connectivity index (χ1) is 30.7. The molecule has 0 saturated heterocycles. The van der Waals surface area contributed by atoms with Crippen LogP contribution < -0.4 is 14.2 Å². The van der Waals surface area contributed by atoms with Crippen LogP contribution in [0, 0.1) is 0 Å². The molecule has 3 heterocycles. The predicted molar refractivity (Wildman–Crippen MR) is 217 cm³/mol. The van der Waals surface area contributed by atoms with Gasteiger partial charge in [0.15, 0.2) is 58.2 Å². The van der Waals surface area contributed by atoms with Crippen molar-refractivity contribution in [3.63, 3.8) is 0 Å². The Hall–Kier alpha value is -8.20. The van der Waals surface area contributed by atoms with E-state index in [1.165, 1.54) is 6.07 Å². The first-order valence-electron chi connectivity index (χ1n) is 19.5. The van der Waals surface area contributed by atoms with Crippen molar-refractivity contribution in [1.82, 2.24) is 0 Å². The minimum Gasteiger partial charge on any atom is -0.508 e. The third-order valence-corrected chi connectivity index (χ3v) is 12.0. The molecule has 8 unspecified atom stereocenters. The molecule has 8 atom stereocenters. The van der Waals surface area contributed by atoms with Crippen LogP contribution in [0.2, 0.25) is 0 Å². The highest BCUT2D eigenvalue weighted by Gasteiger charge is 2.51. The van der Waals surface area contributed by atoms with Crippen LogP contribution in [-0.4, -0.2) is 105 Å². The van der Waals surface area contributed by atoms with E-state index in [2.05, 4.69) is 0 Å². The second-order valence-corrected chi connectivity index (χ2v) is 16.0. The van der Waals surface area contributed by atoms with Gasteiger partial charge in [-0.1, -0.05) is 6.07 Å². The van der Waals surface area contributed by atoms with Crippen molar-refractivity contribution in [2.24, 2.45) is 0 Å². The van der Waals surface area contributed by atoms with Gasteiger partial charge in [0.2, 0.25) is 0 Å². The average Bonchev–Trinajstić information content (AvgIpc) is 3.23. The summed E-state index contributed by atoms with van der Waals surface area (Å²) >= 11 is 0.